The Bertz CT molecular complexity index is 1230. The van der Waals surface area contributed by atoms with Crippen LogP contribution in [0.25, 0.3) is 0 Å². The fraction of sp³-hybridized carbons (Fsp3) is 0.364. The number of nitrogens with one attached hydrogen (secondary N) is 1. The predicted octanol–water partition coefficient (Wildman–Crippen LogP) is 3.58. The molecule has 5 rings (SSSR count). The van der Waals surface area contributed by atoms with Gasteiger partial charge in [0.1, 0.15) is 17.2 Å². The standard InChI is InChI=1S/C22H21FN6O3S/c1-12-2-5-14(8-15(12)23)22(20-25-11-26-33-20)6-7-29(10-22)21(32)28-18-17(19(30)31)24-9-16(27-18)13-3-4-13/h2,5,8-9,11,13H,3-4,6-7,10H2,1H3,(H,30,31)(H,27,28,32)/t22-/m0/s1. The summed E-state index contributed by atoms with van der Waals surface area (Å²) in [6.45, 7) is 2.32. The Labute approximate surface area is 192 Å². The van der Waals surface area contributed by atoms with Crippen LogP contribution in [0.15, 0.2) is 30.7 Å². The molecule has 0 spiro atoms. The van der Waals surface area contributed by atoms with Crippen LogP contribution in [0, 0.1) is 12.7 Å². The van der Waals surface area contributed by atoms with Gasteiger partial charge in [-0.25, -0.2) is 28.9 Å². The highest BCUT2D eigenvalue weighted by atomic mass is 32.1. The van der Waals surface area contributed by atoms with Crippen LogP contribution in [-0.2, 0) is 5.41 Å². The van der Waals surface area contributed by atoms with Crippen LogP contribution >= 0.6 is 11.5 Å². The van der Waals surface area contributed by atoms with E-state index >= 15 is 0 Å². The first-order valence-corrected chi connectivity index (χ1v) is 11.3. The van der Waals surface area contributed by atoms with Crippen LogP contribution in [0.4, 0.5) is 15.0 Å². The molecule has 3 aromatic rings. The molecule has 1 aromatic carbocycles. The first kappa shape index (κ1) is 21.4. The minimum atomic E-state index is -1.26. The maximum absolute atomic E-state index is 14.4. The van der Waals surface area contributed by atoms with Gasteiger partial charge in [-0.3, -0.25) is 5.32 Å². The van der Waals surface area contributed by atoms with Crippen molar-refractivity contribution in [2.24, 2.45) is 0 Å². The van der Waals surface area contributed by atoms with Crippen molar-refractivity contribution in [2.75, 3.05) is 18.4 Å². The molecule has 1 saturated heterocycles. The minimum Gasteiger partial charge on any atom is -0.476 e. The summed E-state index contributed by atoms with van der Waals surface area (Å²) in [5, 5.41) is 12.8. The number of urea groups is 1. The van der Waals surface area contributed by atoms with Gasteiger partial charge in [0.15, 0.2) is 11.5 Å². The second-order valence-corrected chi connectivity index (χ2v) is 9.25. The fourth-order valence-electron chi connectivity index (χ4n) is 4.19. The number of rotatable bonds is 5. The van der Waals surface area contributed by atoms with E-state index in [-0.39, 0.29) is 29.8 Å². The number of carbonyl (C=O) groups is 2. The van der Waals surface area contributed by atoms with Crippen molar-refractivity contribution in [2.45, 2.75) is 37.5 Å². The van der Waals surface area contributed by atoms with E-state index in [1.54, 1.807) is 17.9 Å². The van der Waals surface area contributed by atoms with E-state index in [1.807, 2.05) is 6.07 Å². The highest BCUT2D eigenvalue weighted by molar-refractivity contribution is 7.05. The summed E-state index contributed by atoms with van der Waals surface area (Å²) in [5.74, 6) is -1.39. The summed E-state index contributed by atoms with van der Waals surface area (Å²) < 4.78 is 18.5. The third-order valence-corrected chi connectivity index (χ3v) is 7.14. The summed E-state index contributed by atoms with van der Waals surface area (Å²) in [4.78, 5) is 39.1. The Hall–Kier alpha value is -3.47. The zero-order valence-electron chi connectivity index (χ0n) is 17.8. The fourth-order valence-corrected chi connectivity index (χ4v) is 4.94. The van der Waals surface area contributed by atoms with Gasteiger partial charge in [-0.15, -0.1) is 0 Å². The predicted molar refractivity (Wildman–Crippen MR) is 118 cm³/mol. The van der Waals surface area contributed by atoms with E-state index < -0.39 is 17.4 Å². The summed E-state index contributed by atoms with van der Waals surface area (Å²) in [7, 11) is 0. The number of carbonyl (C=O) groups excluding carboxylic acids is 1. The molecule has 2 aliphatic rings. The lowest BCUT2D eigenvalue weighted by atomic mass is 9.80. The quantitative estimate of drug-likeness (QED) is 0.587. The molecule has 2 N–H and O–H groups in total. The number of hydrogen-bond acceptors (Lipinski definition) is 7. The van der Waals surface area contributed by atoms with Crippen LogP contribution in [0.5, 0.6) is 0 Å². The normalized spacial score (nSPS) is 20.1. The number of amides is 2. The monoisotopic (exact) mass is 468 g/mol. The van der Waals surface area contributed by atoms with Gasteiger partial charge in [0.05, 0.1) is 11.1 Å². The van der Waals surface area contributed by atoms with Crippen LogP contribution < -0.4 is 5.32 Å². The lowest BCUT2D eigenvalue weighted by Gasteiger charge is -2.28. The SMILES string of the molecule is Cc1ccc([C@]2(c3ncns3)CCN(C(=O)Nc3nc(C4CC4)cnc3C(=O)O)C2)cc1F. The van der Waals surface area contributed by atoms with E-state index in [0.29, 0.717) is 29.2 Å². The van der Waals surface area contributed by atoms with Crippen LogP contribution in [-0.4, -0.2) is 54.4 Å². The number of halogens is 1. The summed E-state index contributed by atoms with van der Waals surface area (Å²) >= 11 is 1.22. The molecule has 2 aromatic heterocycles. The van der Waals surface area contributed by atoms with Crippen molar-refractivity contribution < 1.29 is 19.1 Å². The Morgan fingerprint density at radius 3 is 2.79 bits per heavy atom. The van der Waals surface area contributed by atoms with Crippen molar-refractivity contribution >= 4 is 29.4 Å². The molecule has 33 heavy (non-hydrogen) atoms. The highest BCUT2D eigenvalue weighted by Crippen LogP contribution is 2.42. The van der Waals surface area contributed by atoms with Gasteiger partial charge in [-0.1, -0.05) is 12.1 Å². The summed E-state index contributed by atoms with van der Waals surface area (Å²) in [5.41, 5.74) is 0.927. The molecular formula is C22H21FN6O3S. The van der Waals surface area contributed by atoms with Gasteiger partial charge >= 0.3 is 12.0 Å². The summed E-state index contributed by atoms with van der Waals surface area (Å²) in [6.07, 6.45) is 5.38. The van der Waals surface area contributed by atoms with Gasteiger partial charge < -0.3 is 10.0 Å². The van der Waals surface area contributed by atoms with Crippen molar-refractivity contribution in [3.63, 3.8) is 0 Å². The highest BCUT2D eigenvalue weighted by Gasteiger charge is 2.45. The van der Waals surface area contributed by atoms with Crippen molar-refractivity contribution in [3.8, 4) is 0 Å². The van der Waals surface area contributed by atoms with E-state index in [1.165, 1.54) is 30.1 Å². The molecular weight excluding hydrogens is 447 g/mol. The van der Waals surface area contributed by atoms with Crippen LogP contribution in [0.1, 0.15) is 57.5 Å². The third kappa shape index (κ3) is 3.92. The van der Waals surface area contributed by atoms with Crippen LogP contribution in [0.2, 0.25) is 0 Å². The van der Waals surface area contributed by atoms with Crippen molar-refractivity contribution in [1.82, 2.24) is 24.2 Å². The van der Waals surface area contributed by atoms with Gasteiger partial charge in [0.25, 0.3) is 0 Å². The molecule has 9 nitrogen and oxygen atoms in total. The second-order valence-electron chi connectivity index (χ2n) is 8.47. The molecule has 1 saturated carbocycles. The maximum atomic E-state index is 14.4. The lowest BCUT2D eigenvalue weighted by molar-refractivity contribution is 0.0691. The molecule has 11 heteroatoms. The van der Waals surface area contributed by atoms with Crippen molar-refractivity contribution in [3.05, 3.63) is 64.1 Å². The molecule has 1 atom stereocenters. The molecule has 2 amide bonds. The van der Waals surface area contributed by atoms with E-state index in [0.717, 1.165) is 18.4 Å². The molecule has 0 unspecified atom stereocenters. The average molecular weight is 469 g/mol. The third-order valence-electron chi connectivity index (χ3n) is 6.27. The second kappa shape index (κ2) is 8.14. The van der Waals surface area contributed by atoms with Gasteiger partial charge in [0, 0.05) is 25.2 Å². The zero-order chi connectivity index (χ0) is 23.2. The number of carboxylic acid groups (broad SMARTS) is 1. The molecule has 0 radical (unpaired) electrons. The molecule has 1 aliphatic heterocycles. The molecule has 1 aliphatic carbocycles. The van der Waals surface area contributed by atoms with E-state index in [9.17, 15) is 19.1 Å². The summed E-state index contributed by atoms with van der Waals surface area (Å²) in [6, 6.07) is 4.58. The lowest BCUT2D eigenvalue weighted by Crippen LogP contribution is -2.38. The maximum Gasteiger partial charge on any atom is 0.358 e. The number of likely N-dealkylation sites (tertiary alicyclic amines) is 1. The number of nitrogens with zero attached hydrogens (tertiary/aromatic N) is 5. The number of aryl methyl sites for hydroxylation is 1. The Morgan fingerprint density at radius 2 is 2.12 bits per heavy atom. The largest absolute Gasteiger partial charge is 0.476 e. The Morgan fingerprint density at radius 1 is 1.30 bits per heavy atom. The van der Waals surface area contributed by atoms with Gasteiger partial charge in [-0.2, -0.15) is 4.37 Å². The molecule has 170 valence electrons. The number of anilines is 1. The Kier molecular flexibility index (Phi) is 5.28. The smallest absolute Gasteiger partial charge is 0.358 e. The molecule has 0 bridgehead atoms. The first-order valence-electron chi connectivity index (χ1n) is 10.6. The van der Waals surface area contributed by atoms with Gasteiger partial charge in [-0.05, 0) is 54.9 Å². The first-order chi connectivity index (χ1) is 15.9. The molecule has 2 fully saturated rings. The Balaban J connectivity index is 1.43. The number of aromatic carboxylic acids is 1. The molecule has 3 heterocycles. The number of benzene rings is 1. The van der Waals surface area contributed by atoms with Crippen LogP contribution in [0.3, 0.4) is 0 Å². The number of carboxylic acids is 1. The van der Waals surface area contributed by atoms with Crippen molar-refractivity contribution in [1.29, 1.82) is 0 Å². The number of hydrogen-bond donors (Lipinski definition) is 2. The van der Waals surface area contributed by atoms with Gasteiger partial charge in [0.2, 0.25) is 0 Å². The topological polar surface area (TPSA) is 121 Å². The number of aromatic nitrogens is 4. The average Bonchev–Trinajstić information content (AvgIpc) is 3.30. The van der Waals surface area contributed by atoms with E-state index in [4.69, 9.17) is 0 Å². The zero-order valence-corrected chi connectivity index (χ0v) is 18.6. The minimum absolute atomic E-state index is 0.0632. The van der Waals surface area contributed by atoms with E-state index in [2.05, 4.69) is 24.6 Å².